The summed E-state index contributed by atoms with van der Waals surface area (Å²) in [6.07, 6.45) is -3.97. The van der Waals surface area contributed by atoms with Crippen molar-refractivity contribution in [1.29, 1.82) is 0 Å². The third kappa shape index (κ3) is 2.94. The van der Waals surface area contributed by atoms with E-state index < -0.39 is 29.8 Å². The van der Waals surface area contributed by atoms with Crippen LogP contribution in [0.1, 0.15) is 19.8 Å². The quantitative estimate of drug-likeness (QED) is 0.539. The standard InChI is InChI=1S/C9H11F3O3/c1-2-15-8(14)6(9(10,11)12)7(13)5-3-4-5/h5-6H,2-4H2,1H3/t6-/m1/s1. The van der Waals surface area contributed by atoms with E-state index in [9.17, 15) is 22.8 Å². The molecule has 1 aliphatic carbocycles. The van der Waals surface area contributed by atoms with E-state index in [1.54, 1.807) is 0 Å². The lowest BCUT2D eigenvalue weighted by atomic mass is 10.00. The zero-order chi connectivity index (χ0) is 11.6. The van der Waals surface area contributed by atoms with E-state index in [2.05, 4.69) is 4.74 Å². The first kappa shape index (κ1) is 12.0. The minimum atomic E-state index is -4.84. The van der Waals surface area contributed by atoms with Gasteiger partial charge in [-0.05, 0) is 19.8 Å². The highest BCUT2D eigenvalue weighted by Crippen LogP contribution is 2.38. The Morgan fingerprint density at radius 2 is 1.93 bits per heavy atom. The molecule has 0 radical (unpaired) electrons. The number of halogens is 3. The fourth-order valence-corrected chi connectivity index (χ4v) is 1.24. The molecule has 3 nitrogen and oxygen atoms in total. The number of rotatable bonds is 4. The molecule has 0 bridgehead atoms. The van der Waals surface area contributed by atoms with E-state index in [-0.39, 0.29) is 6.61 Å². The maximum Gasteiger partial charge on any atom is 0.409 e. The average molecular weight is 224 g/mol. The first-order valence-corrected chi connectivity index (χ1v) is 4.65. The van der Waals surface area contributed by atoms with E-state index >= 15 is 0 Å². The van der Waals surface area contributed by atoms with E-state index in [1.165, 1.54) is 6.92 Å². The van der Waals surface area contributed by atoms with Crippen LogP contribution >= 0.6 is 0 Å². The van der Waals surface area contributed by atoms with Gasteiger partial charge in [0, 0.05) is 5.92 Å². The van der Waals surface area contributed by atoms with Crippen molar-refractivity contribution >= 4 is 11.8 Å². The summed E-state index contributed by atoms with van der Waals surface area (Å²) in [6, 6.07) is 0. The molecule has 0 saturated heterocycles. The number of ketones is 1. The summed E-state index contributed by atoms with van der Waals surface area (Å²) in [5.74, 6) is -5.74. The molecule has 0 aromatic carbocycles. The maximum atomic E-state index is 12.4. The molecule has 1 rings (SSSR count). The summed E-state index contributed by atoms with van der Waals surface area (Å²) in [6.45, 7) is 1.23. The van der Waals surface area contributed by atoms with Crippen LogP contribution in [-0.4, -0.2) is 24.5 Å². The van der Waals surface area contributed by atoms with E-state index in [0.717, 1.165) is 0 Å². The molecule has 0 unspecified atom stereocenters. The van der Waals surface area contributed by atoms with Gasteiger partial charge in [-0.15, -0.1) is 0 Å². The van der Waals surface area contributed by atoms with Crippen LogP contribution in [0.2, 0.25) is 0 Å². The number of hydrogen-bond donors (Lipinski definition) is 0. The van der Waals surface area contributed by atoms with E-state index in [0.29, 0.717) is 12.8 Å². The number of esters is 1. The lowest BCUT2D eigenvalue weighted by Gasteiger charge is -2.17. The van der Waals surface area contributed by atoms with Crippen LogP contribution in [-0.2, 0) is 14.3 Å². The van der Waals surface area contributed by atoms with Crippen LogP contribution in [0.5, 0.6) is 0 Å². The molecule has 0 N–H and O–H groups in total. The Bertz CT molecular complexity index is 268. The van der Waals surface area contributed by atoms with Gasteiger partial charge in [0.05, 0.1) is 6.61 Å². The predicted octanol–water partition coefficient (Wildman–Crippen LogP) is 1.71. The molecule has 0 heterocycles. The van der Waals surface area contributed by atoms with Crippen molar-refractivity contribution in [2.75, 3.05) is 6.61 Å². The summed E-state index contributed by atoms with van der Waals surface area (Å²) in [4.78, 5) is 22.2. The van der Waals surface area contributed by atoms with Crippen molar-refractivity contribution in [1.82, 2.24) is 0 Å². The summed E-state index contributed by atoms with van der Waals surface area (Å²) in [5, 5.41) is 0. The number of ether oxygens (including phenoxy) is 1. The number of hydrogen-bond acceptors (Lipinski definition) is 3. The van der Waals surface area contributed by atoms with Gasteiger partial charge in [0.15, 0.2) is 5.78 Å². The smallest absolute Gasteiger partial charge is 0.409 e. The second kappa shape index (κ2) is 4.20. The molecule has 0 aromatic rings. The average Bonchev–Trinajstić information content (AvgIpc) is 2.83. The fraction of sp³-hybridized carbons (Fsp3) is 0.778. The van der Waals surface area contributed by atoms with Crippen molar-refractivity contribution < 1.29 is 27.5 Å². The summed E-state index contributed by atoms with van der Waals surface area (Å²) >= 11 is 0. The predicted molar refractivity (Wildman–Crippen MR) is 43.9 cm³/mol. The van der Waals surface area contributed by atoms with Crippen LogP contribution in [0.3, 0.4) is 0 Å². The monoisotopic (exact) mass is 224 g/mol. The minimum Gasteiger partial charge on any atom is -0.465 e. The van der Waals surface area contributed by atoms with Crippen LogP contribution in [0, 0.1) is 11.8 Å². The highest BCUT2D eigenvalue weighted by Gasteiger charge is 2.54. The Balaban J connectivity index is 2.77. The number of carbonyl (C=O) groups is 2. The molecule has 0 aromatic heterocycles. The first-order chi connectivity index (χ1) is 6.88. The van der Waals surface area contributed by atoms with Gasteiger partial charge in [-0.25, -0.2) is 0 Å². The van der Waals surface area contributed by atoms with Gasteiger partial charge in [0.2, 0.25) is 5.92 Å². The largest absolute Gasteiger partial charge is 0.465 e. The zero-order valence-corrected chi connectivity index (χ0v) is 8.13. The molecule has 0 spiro atoms. The fourth-order valence-electron chi connectivity index (χ4n) is 1.24. The van der Waals surface area contributed by atoms with Crippen LogP contribution in [0.25, 0.3) is 0 Å². The molecular weight excluding hydrogens is 213 g/mol. The molecule has 15 heavy (non-hydrogen) atoms. The minimum absolute atomic E-state index is 0.163. The number of carbonyl (C=O) groups excluding carboxylic acids is 2. The normalized spacial score (nSPS) is 18.4. The van der Waals surface area contributed by atoms with Crippen LogP contribution in [0.15, 0.2) is 0 Å². The topological polar surface area (TPSA) is 43.4 Å². The zero-order valence-electron chi connectivity index (χ0n) is 8.13. The van der Waals surface area contributed by atoms with Gasteiger partial charge in [0.25, 0.3) is 0 Å². The highest BCUT2D eigenvalue weighted by atomic mass is 19.4. The van der Waals surface area contributed by atoms with Gasteiger partial charge in [-0.3, -0.25) is 9.59 Å². The highest BCUT2D eigenvalue weighted by molar-refractivity contribution is 6.01. The van der Waals surface area contributed by atoms with Crippen molar-refractivity contribution in [2.24, 2.45) is 11.8 Å². The van der Waals surface area contributed by atoms with Crippen molar-refractivity contribution in [2.45, 2.75) is 25.9 Å². The first-order valence-electron chi connectivity index (χ1n) is 4.65. The molecule has 1 fully saturated rings. The van der Waals surface area contributed by atoms with Gasteiger partial charge >= 0.3 is 12.1 Å². The van der Waals surface area contributed by atoms with Gasteiger partial charge in [0.1, 0.15) is 0 Å². The van der Waals surface area contributed by atoms with E-state index in [4.69, 9.17) is 0 Å². The Hall–Kier alpha value is -1.07. The summed E-state index contributed by atoms with van der Waals surface area (Å²) in [7, 11) is 0. The third-order valence-corrected chi connectivity index (χ3v) is 2.11. The Morgan fingerprint density at radius 1 is 1.40 bits per heavy atom. The second-order valence-corrected chi connectivity index (χ2v) is 3.40. The number of alkyl halides is 3. The molecule has 1 saturated carbocycles. The molecule has 0 amide bonds. The van der Waals surface area contributed by atoms with Crippen molar-refractivity contribution in [3.05, 3.63) is 0 Å². The molecular formula is C9H11F3O3. The van der Waals surface area contributed by atoms with Crippen LogP contribution < -0.4 is 0 Å². The van der Waals surface area contributed by atoms with Gasteiger partial charge < -0.3 is 4.74 Å². The second-order valence-electron chi connectivity index (χ2n) is 3.40. The summed E-state index contributed by atoms with van der Waals surface area (Å²) in [5.41, 5.74) is 0. The van der Waals surface area contributed by atoms with Gasteiger partial charge in [-0.1, -0.05) is 0 Å². The molecule has 6 heteroatoms. The molecule has 0 aliphatic heterocycles. The lowest BCUT2D eigenvalue weighted by Crippen LogP contribution is -2.39. The van der Waals surface area contributed by atoms with E-state index in [1.807, 2.05) is 0 Å². The Kier molecular flexibility index (Phi) is 3.36. The summed E-state index contributed by atoms with van der Waals surface area (Å²) < 4.78 is 41.5. The van der Waals surface area contributed by atoms with Gasteiger partial charge in [-0.2, -0.15) is 13.2 Å². The lowest BCUT2D eigenvalue weighted by molar-refractivity contribution is -0.198. The SMILES string of the molecule is CCOC(=O)[C@@H](C(=O)C1CC1)C(F)(F)F. The Morgan fingerprint density at radius 3 is 2.27 bits per heavy atom. The van der Waals surface area contributed by atoms with Crippen LogP contribution in [0.4, 0.5) is 13.2 Å². The molecule has 86 valence electrons. The number of Topliss-reactive ketones (excluding diaryl/α,β-unsaturated/α-hetero) is 1. The molecule has 1 atom stereocenters. The van der Waals surface area contributed by atoms with Crippen molar-refractivity contribution in [3.63, 3.8) is 0 Å². The Labute approximate surface area is 84.6 Å². The third-order valence-electron chi connectivity index (χ3n) is 2.11. The van der Waals surface area contributed by atoms with Crippen molar-refractivity contribution in [3.8, 4) is 0 Å². The maximum absolute atomic E-state index is 12.4. The molecule has 1 aliphatic rings.